The highest BCUT2D eigenvalue weighted by Gasteiger charge is 2.35. The fourth-order valence-corrected chi connectivity index (χ4v) is 3.70. The van der Waals surface area contributed by atoms with E-state index in [-0.39, 0.29) is 11.7 Å². The van der Waals surface area contributed by atoms with E-state index in [1.807, 2.05) is 12.1 Å². The number of hydrogen-bond acceptors (Lipinski definition) is 4. The Labute approximate surface area is 125 Å². The number of ketones is 1. The molecule has 4 nitrogen and oxygen atoms in total. The second-order valence-corrected chi connectivity index (χ2v) is 6.09. The van der Waals surface area contributed by atoms with Crippen LogP contribution in [0.2, 0.25) is 0 Å². The Morgan fingerprint density at radius 1 is 1.14 bits per heavy atom. The van der Waals surface area contributed by atoms with E-state index in [0.717, 1.165) is 12.8 Å². The van der Waals surface area contributed by atoms with E-state index in [1.165, 1.54) is 19.3 Å². The Bertz CT molecular complexity index is 517. The second-order valence-electron chi connectivity index (χ2n) is 6.09. The van der Waals surface area contributed by atoms with Gasteiger partial charge in [0.15, 0.2) is 5.78 Å². The van der Waals surface area contributed by atoms with Gasteiger partial charge in [0.25, 0.3) is 0 Å². The zero-order valence-corrected chi connectivity index (χ0v) is 12.7. The number of piperidine rings is 2. The Morgan fingerprint density at radius 3 is 2.48 bits per heavy atom. The minimum absolute atomic E-state index is 0.115. The first-order valence-corrected chi connectivity index (χ1v) is 7.73. The summed E-state index contributed by atoms with van der Waals surface area (Å²) < 4.78 is 10.6. The molecule has 1 N–H and O–H groups in total. The monoisotopic (exact) mass is 289 g/mol. The first kappa shape index (κ1) is 14.4. The number of ether oxygens (including phenoxy) is 2. The molecule has 2 saturated heterocycles. The predicted octanol–water partition coefficient (Wildman–Crippen LogP) is 2.81. The maximum Gasteiger partial charge on any atom is 0.169 e. The van der Waals surface area contributed by atoms with Crippen molar-refractivity contribution in [1.29, 1.82) is 0 Å². The molecule has 4 heteroatoms. The molecular weight excluding hydrogens is 266 g/mol. The lowest BCUT2D eigenvalue weighted by atomic mass is 9.77. The van der Waals surface area contributed by atoms with Crippen LogP contribution in [-0.4, -0.2) is 32.1 Å². The first-order chi connectivity index (χ1) is 10.2. The molecular formula is C17H23NO3. The summed E-state index contributed by atoms with van der Waals surface area (Å²) in [5.41, 5.74) is 0.684. The molecule has 2 unspecified atom stereocenters. The highest BCUT2D eigenvalue weighted by atomic mass is 16.5. The normalized spacial score (nSPS) is 28.0. The maximum atomic E-state index is 12.9. The summed E-state index contributed by atoms with van der Waals surface area (Å²) in [4.78, 5) is 12.9. The number of fused-ring (bicyclic) bond motifs is 2. The molecule has 0 aromatic heterocycles. The molecule has 2 fully saturated rings. The number of nitrogens with one attached hydrogen (secondary N) is 1. The van der Waals surface area contributed by atoms with Crippen molar-refractivity contribution in [2.24, 2.45) is 5.92 Å². The standard InChI is InChI=1S/C17H23NO3/c1-20-14-6-7-15(16(10-14)21-2)17(19)11-8-12-4-3-5-13(9-11)18-12/h6-7,10-13,18H,3-5,8-9H2,1-2H3. The van der Waals surface area contributed by atoms with Gasteiger partial charge in [0.2, 0.25) is 0 Å². The fourth-order valence-electron chi connectivity index (χ4n) is 3.70. The van der Waals surface area contributed by atoms with Gasteiger partial charge in [-0.25, -0.2) is 0 Å². The van der Waals surface area contributed by atoms with Crippen molar-refractivity contribution in [1.82, 2.24) is 5.32 Å². The third-order valence-electron chi connectivity index (χ3n) is 4.76. The van der Waals surface area contributed by atoms with Gasteiger partial charge >= 0.3 is 0 Å². The molecule has 2 atom stereocenters. The lowest BCUT2D eigenvalue weighted by Crippen LogP contribution is -2.50. The number of methoxy groups -OCH3 is 2. The van der Waals surface area contributed by atoms with Gasteiger partial charge in [0.05, 0.1) is 19.8 Å². The fraction of sp³-hybridized carbons (Fsp3) is 0.588. The maximum absolute atomic E-state index is 12.9. The number of carbonyl (C=O) groups is 1. The molecule has 0 spiro atoms. The summed E-state index contributed by atoms with van der Waals surface area (Å²) in [6, 6.07) is 6.47. The topological polar surface area (TPSA) is 47.6 Å². The van der Waals surface area contributed by atoms with Crippen molar-refractivity contribution in [3.8, 4) is 11.5 Å². The molecule has 1 aromatic rings. The van der Waals surface area contributed by atoms with Crippen LogP contribution in [0.1, 0.15) is 42.5 Å². The van der Waals surface area contributed by atoms with E-state index in [4.69, 9.17) is 9.47 Å². The molecule has 21 heavy (non-hydrogen) atoms. The highest BCUT2D eigenvalue weighted by Crippen LogP contribution is 2.34. The molecule has 0 saturated carbocycles. The van der Waals surface area contributed by atoms with Crippen molar-refractivity contribution in [2.45, 2.75) is 44.2 Å². The number of benzene rings is 1. The molecule has 114 valence electrons. The predicted molar refractivity (Wildman–Crippen MR) is 81.2 cm³/mol. The third-order valence-corrected chi connectivity index (χ3v) is 4.76. The number of rotatable bonds is 4. The Balaban J connectivity index is 1.81. The van der Waals surface area contributed by atoms with E-state index in [0.29, 0.717) is 29.1 Å². The minimum atomic E-state index is 0.115. The summed E-state index contributed by atoms with van der Waals surface area (Å²) in [5.74, 6) is 1.66. The average molecular weight is 289 g/mol. The molecule has 2 bridgehead atoms. The Kier molecular flexibility index (Phi) is 4.15. The van der Waals surface area contributed by atoms with Crippen LogP contribution in [0, 0.1) is 5.92 Å². The lowest BCUT2D eigenvalue weighted by Gasteiger charge is -2.39. The minimum Gasteiger partial charge on any atom is -0.497 e. The summed E-state index contributed by atoms with van der Waals surface area (Å²) in [5, 5.41) is 3.63. The molecule has 0 amide bonds. The first-order valence-electron chi connectivity index (χ1n) is 7.73. The molecule has 2 heterocycles. The van der Waals surface area contributed by atoms with Crippen molar-refractivity contribution in [3.63, 3.8) is 0 Å². The number of carbonyl (C=O) groups excluding carboxylic acids is 1. The van der Waals surface area contributed by atoms with Crippen molar-refractivity contribution < 1.29 is 14.3 Å². The van der Waals surface area contributed by atoms with Crippen LogP contribution in [0.15, 0.2) is 18.2 Å². The van der Waals surface area contributed by atoms with Gasteiger partial charge in [0, 0.05) is 24.1 Å². The van der Waals surface area contributed by atoms with Crippen LogP contribution in [0.25, 0.3) is 0 Å². The van der Waals surface area contributed by atoms with E-state index in [1.54, 1.807) is 20.3 Å². The highest BCUT2D eigenvalue weighted by molar-refractivity contribution is 6.00. The van der Waals surface area contributed by atoms with E-state index < -0.39 is 0 Å². The van der Waals surface area contributed by atoms with Gasteiger partial charge in [-0.1, -0.05) is 6.42 Å². The van der Waals surface area contributed by atoms with E-state index >= 15 is 0 Å². The van der Waals surface area contributed by atoms with Gasteiger partial charge in [-0.15, -0.1) is 0 Å². The summed E-state index contributed by atoms with van der Waals surface area (Å²) in [7, 11) is 3.22. The molecule has 2 aliphatic heterocycles. The van der Waals surface area contributed by atoms with Crippen molar-refractivity contribution in [2.75, 3.05) is 14.2 Å². The van der Waals surface area contributed by atoms with Crippen LogP contribution in [-0.2, 0) is 0 Å². The summed E-state index contributed by atoms with van der Waals surface area (Å²) in [6.07, 6.45) is 5.57. The molecule has 0 aliphatic carbocycles. The molecule has 0 radical (unpaired) electrons. The van der Waals surface area contributed by atoms with Gasteiger partial charge in [0.1, 0.15) is 11.5 Å². The van der Waals surface area contributed by atoms with Crippen molar-refractivity contribution in [3.05, 3.63) is 23.8 Å². The quantitative estimate of drug-likeness (QED) is 0.866. The van der Waals surface area contributed by atoms with Gasteiger partial charge in [-0.05, 0) is 37.8 Å². The summed E-state index contributed by atoms with van der Waals surface area (Å²) in [6.45, 7) is 0. The Morgan fingerprint density at radius 2 is 1.86 bits per heavy atom. The average Bonchev–Trinajstić information content (AvgIpc) is 2.53. The number of Topliss-reactive ketones (excluding diaryl/α,β-unsaturated/α-hetero) is 1. The van der Waals surface area contributed by atoms with E-state index in [9.17, 15) is 4.79 Å². The van der Waals surface area contributed by atoms with E-state index in [2.05, 4.69) is 5.32 Å². The van der Waals surface area contributed by atoms with Crippen LogP contribution < -0.4 is 14.8 Å². The van der Waals surface area contributed by atoms with Crippen molar-refractivity contribution >= 4 is 5.78 Å². The molecule has 2 aliphatic rings. The van der Waals surface area contributed by atoms with Crippen LogP contribution in [0.3, 0.4) is 0 Å². The third kappa shape index (κ3) is 2.91. The van der Waals surface area contributed by atoms with Gasteiger partial charge in [-0.2, -0.15) is 0 Å². The second kappa shape index (κ2) is 6.06. The van der Waals surface area contributed by atoms with Crippen LogP contribution in [0.5, 0.6) is 11.5 Å². The van der Waals surface area contributed by atoms with Crippen LogP contribution >= 0.6 is 0 Å². The molecule has 1 aromatic carbocycles. The summed E-state index contributed by atoms with van der Waals surface area (Å²) >= 11 is 0. The Hall–Kier alpha value is -1.55. The zero-order valence-electron chi connectivity index (χ0n) is 12.7. The smallest absolute Gasteiger partial charge is 0.169 e. The number of hydrogen-bond donors (Lipinski definition) is 1. The lowest BCUT2D eigenvalue weighted by molar-refractivity contribution is 0.0822. The van der Waals surface area contributed by atoms with Crippen LogP contribution in [0.4, 0.5) is 0 Å². The van der Waals surface area contributed by atoms with Gasteiger partial charge < -0.3 is 14.8 Å². The van der Waals surface area contributed by atoms with Gasteiger partial charge in [-0.3, -0.25) is 4.79 Å². The SMILES string of the molecule is COc1ccc(C(=O)C2CC3CCCC(C2)N3)c(OC)c1. The zero-order chi connectivity index (χ0) is 14.8. The largest absolute Gasteiger partial charge is 0.497 e. The molecule has 3 rings (SSSR count).